The van der Waals surface area contributed by atoms with E-state index in [9.17, 15) is 21.6 Å². The van der Waals surface area contributed by atoms with Gasteiger partial charge in [-0.25, -0.2) is 23.5 Å². The minimum atomic E-state index is -4.84. The number of rotatable bonds is 7. The summed E-state index contributed by atoms with van der Waals surface area (Å²) in [4.78, 5) is 19.9. The van der Waals surface area contributed by atoms with E-state index in [0.717, 1.165) is 0 Å². The molecule has 1 fully saturated rings. The van der Waals surface area contributed by atoms with Gasteiger partial charge in [-0.15, -0.1) is 0 Å². The number of primary sulfonamides is 1. The lowest BCUT2D eigenvalue weighted by Gasteiger charge is -2.37. The maximum Gasteiger partial charge on any atom is 0.451 e. The number of methoxy groups -OCH3 is 2. The van der Waals surface area contributed by atoms with E-state index in [1.165, 1.54) is 32.4 Å². The highest BCUT2D eigenvalue weighted by Crippen LogP contribution is 2.41. The Hall–Kier alpha value is -4.50. The molecule has 0 bridgehead atoms. The number of aromatic nitrogens is 4. The molecule has 2 N–H and O–H groups in total. The van der Waals surface area contributed by atoms with E-state index < -0.39 is 22.0 Å². The maximum absolute atomic E-state index is 14.1. The number of ether oxygens (including phenoxy) is 2. The number of sulfonamides is 1. The van der Waals surface area contributed by atoms with Crippen LogP contribution in [0.5, 0.6) is 11.9 Å². The van der Waals surface area contributed by atoms with E-state index in [-0.39, 0.29) is 41.1 Å². The Kier molecular flexibility index (Phi) is 7.88. The van der Waals surface area contributed by atoms with E-state index in [0.29, 0.717) is 35.9 Å². The van der Waals surface area contributed by atoms with Crippen molar-refractivity contribution in [2.45, 2.75) is 11.1 Å². The highest BCUT2D eigenvalue weighted by atomic mass is 32.2. The zero-order valence-corrected chi connectivity index (χ0v) is 23.4. The van der Waals surface area contributed by atoms with Gasteiger partial charge in [0.05, 0.1) is 30.4 Å². The van der Waals surface area contributed by atoms with Crippen LogP contribution in [-0.2, 0) is 16.2 Å². The molecular formula is C27H26F3N7O4S. The predicted octanol–water partition coefficient (Wildman–Crippen LogP) is 3.61. The molecule has 2 aromatic carbocycles. The predicted molar refractivity (Wildman–Crippen MR) is 149 cm³/mol. The normalized spacial score (nSPS) is 14.1. The maximum atomic E-state index is 14.1. The number of nitrogens with zero attached hydrogens (tertiary/aromatic N) is 6. The van der Waals surface area contributed by atoms with Crippen LogP contribution in [0.4, 0.5) is 24.8 Å². The van der Waals surface area contributed by atoms with Crippen LogP contribution >= 0.6 is 0 Å². The number of alkyl halides is 3. The number of halogens is 3. The van der Waals surface area contributed by atoms with Crippen molar-refractivity contribution in [2.24, 2.45) is 5.14 Å². The van der Waals surface area contributed by atoms with Gasteiger partial charge in [-0.1, -0.05) is 42.5 Å². The lowest BCUT2D eigenvalue weighted by Crippen LogP contribution is -2.47. The Balaban J connectivity index is 1.63. The van der Waals surface area contributed by atoms with Crippen molar-refractivity contribution in [3.63, 3.8) is 0 Å². The summed E-state index contributed by atoms with van der Waals surface area (Å²) in [6.07, 6.45) is -4.84. The first-order chi connectivity index (χ1) is 20.0. The molecular weight excluding hydrogens is 575 g/mol. The zero-order valence-electron chi connectivity index (χ0n) is 22.5. The van der Waals surface area contributed by atoms with Gasteiger partial charge in [-0.05, 0) is 17.7 Å². The second-order valence-electron chi connectivity index (χ2n) is 9.26. The molecule has 5 rings (SSSR count). The molecule has 1 aliphatic rings. The van der Waals surface area contributed by atoms with Crippen molar-refractivity contribution in [1.82, 2.24) is 19.9 Å². The van der Waals surface area contributed by atoms with Crippen LogP contribution < -0.4 is 24.4 Å². The van der Waals surface area contributed by atoms with Crippen molar-refractivity contribution in [1.29, 1.82) is 0 Å². The van der Waals surface area contributed by atoms with Gasteiger partial charge in [0.1, 0.15) is 11.6 Å². The molecule has 4 aromatic rings. The Morgan fingerprint density at radius 1 is 0.810 bits per heavy atom. The van der Waals surface area contributed by atoms with Gasteiger partial charge in [0, 0.05) is 37.8 Å². The summed E-state index contributed by atoms with van der Waals surface area (Å²) in [5.74, 6) is -0.465. The van der Waals surface area contributed by atoms with Gasteiger partial charge in [0.25, 0.3) is 0 Å². The van der Waals surface area contributed by atoms with Crippen molar-refractivity contribution >= 4 is 21.7 Å². The van der Waals surface area contributed by atoms with Crippen molar-refractivity contribution in [2.75, 3.05) is 50.2 Å². The minimum absolute atomic E-state index is 0.00666. The first-order valence-electron chi connectivity index (χ1n) is 12.6. The lowest BCUT2D eigenvalue weighted by molar-refractivity contribution is -0.144. The van der Waals surface area contributed by atoms with Gasteiger partial charge >= 0.3 is 12.2 Å². The highest BCUT2D eigenvalue weighted by molar-refractivity contribution is 7.89. The van der Waals surface area contributed by atoms with Crippen molar-refractivity contribution < 1.29 is 31.1 Å². The third-order valence-corrected chi connectivity index (χ3v) is 7.52. The second-order valence-corrected chi connectivity index (χ2v) is 10.8. The minimum Gasteiger partial charge on any atom is -0.481 e. The van der Waals surface area contributed by atoms with Gasteiger partial charge in [-0.2, -0.15) is 23.1 Å². The van der Waals surface area contributed by atoms with Crippen molar-refractivity contribution in [3.8, 4) is 34.3 Å². The fraction of sp³-hybridized carbons (Fsp3) is 0.259. The Labute approximate surface area is 239 Å². The summed E-state index contributed by atoms with van der Waals surface area (Å²) in [6.45, 7) is 1.26. The summed E-state index contributed by atoms with van der Waals surface area (Å²) >= 11 is 0. The van der Waals surface area contributed by atoms with E-state index >= 15 is 0 Å². The average molecular weight is 602 g/mol. The van der Waals surface area contributed by atoms with E-state index in [2.05, 4.69) is 19.9 Å². The monoisotopic (exact) mass is 601 g/mol. The van der Waals surface area contributed by atoms with Crippen molar-refractivity contribution in [3.05, 3.63) is 66.5 Å². The molecule has 42 heavy (non-hydrogen) atoms. The number of anilines is 2. The highest BCUT2D eigenvalue weighted by Gasteiger charge is 2.38. The third kappa shape index (κ3) is 6.06. The SMILES string of the molecule is COc1cc(N2CCN(c3nc(C(F)(F)F)nc(-c4ccccc4)c3-c3cccc(S(N)(=O)=O)c3)CC2)nc(OC)n1. The van der Waals surface area contributed by atoms with Gasteiger partial charge in [-0.3, -0.25) is 0 Å². The Morgan fingerprint density at radius 3 is 2.10 bits per heavy atom. The number of hydrogen-bond donors (Lipinski definition) is 1. The summed E-state index contributed by atoms with van der Waals surface area (Å²) in [5.41, 5.74) is 0.962. The van der Waals surface area contributed by atoms with Gasteiger partial charge < -0.3 is 19.3 Å². The summed E-state index contributed by atoms with van der Waals surface area (Å²) in [7, 11) is -1.21. The molecule has 0 aliphatic carbocycles. The Morgan fingerprint density at radius 2 is 1.48 bits per heavy atom. The summed E-state index contributed by atoms with van der Waals surface area (Å²) in [6, 6.07) is 15.8. The van der Waals surface area contributed by atoms with Crippen LogP contribution in [0.2, 0.25) is 0 Å². The molecule has 0 saturated carbocycles. The molecule has 0 atom stereocenters. The number of benzene rings is 2. The molecule has 1 aliphatic heterocycles. The van der Waals surface area contributed by atoms with Crippen LogP contribution in [0.25, 0.3) is 22.4 Å². The number of piperazine rings is 1. The molecule has 3 heterocycles. The molecule has 1 saturated heterocycles. The quantitative estimate of drug-likeness (QED) is 0.335. The van der Waals surface area contributed by atoms with Crippen LogP contribution in [-0.4, -0.2) is 68.8 Å². The van der Waals surface area contributed by atoms with Gasteiger partial charge in [0.15, 0.2) is 0 Å². The molecule has 0 spiro atoms. The number of hydrogen-bond acceptors (Lipinski definition) is 10. The fourth-order valence-electron chi connectivity index (χ4n) is 4.60. The Bertz CT molecular complexity index is 1680. The molecule has 0 radical (unpaired) electrons. The van der Waals surface area contributed by atoms with E-state index in [1.54, 1.807) is 47.4 Å². The topological polar surface area (TPSA) is 137 Å². The van der Waals surface area contributed by atoms with Crippen LogP contribution in [0.3, 0.4) is 0 Å². The molecule has 0 unspecified atom stereocenters. The lowest BCUT2D eigenvalue weighted by atomic mass is 9.98. The fourth-order valence-corrected chi connectivity index (χ4v) is 5.16. The number of nitrogens with two attached hydrogens (primary N) is 1. The van der Waals surface area contributed by atoms with Crippen LogP contribution in [0, 0.1) is 0 Å². The third-order valence-electron chi connectivity index (χ3n) is 6.61. The smallest absolute Gasteiger partial charge is 0.451 e. The molecule has 11 nitrogen and oxygen atoms in total. The molecule has 2 aromatic heterocycles. The first-order valence-corrected chi connectivity index (χ1v) is 14.2. The van der Waals surface area contributed by atoms with Crippen LogP contribution in [0.1, 0.15) is 5.82 Å². The molecule has 0 amide bonds. The second kappa shape index (κ2) is 11.4. The molecule has 220 valence electrons. The standard InChI is InChI=1S/C27H26F3N7O4S/c1-40-21-16-20(32-26(33-21)41-2)36-11-13-37(14-12-36)24-22(18-9-6-10-19(15-18)42(31,38)39)23(17-7-4-3-5-8-17)34-25(35-24)27(28,29)30/h3-10,15-16H,11-14H2,1-2H3,(H2,31,38,39). The first kappa shape index (κ1) is 29.0. The van der Waals surface area contributed by atoms with Gasteiger partial charge in [0.2, 0.25) is 21.7 Å². The van der Waals surface area contributed by atoms with E-state index in [4.69, 9.17) is 14.6 Å². The summed E-state index contributed by atoms with van der Waals surface area (Å²) < 4.78 is 77.1. The average Bonchev–Trinajstić information content (AvgIpc) is 2.99. The largest absolute Gasteiger partial charge is 0.481 e. The van der Waals surface area contributed by atoms with Crippen LogP contribution in [0.15, 0.2) is 65.6 Å². The molecule has 15 heteroatoms. The zero-order chi connectivity index (χ0) is 30.1. The van der Waals surface area contributed by atoms with E-state index in [1.807, 2.05) is 4.90 Å². The summed E-state index contributed by atoms with van der Waals surface area (Å²) in [5, 5.41) is 5.37.